The van der Waals surface area contributed by atoms with Crippen molar-refractivity contribution in [2.75, 3.05) is 18.2 Å². The summed E-state index contributed by atoms with van der Waals surface area (Å²) in [6.45, 7) is 1.68. The van der Waals surface area contributed by atoms with E-state index in [0.717, 1.165) is 11.8 Å². The van der Waals surface area contributed by atoms with Gasteiger partial charge in [0.1, 0.15) is 11.5 Å². The number of nitrogens with two attached hydrogens (primary N) is 1. The summed E-state index contributed by atoms with van der Waals surface area (Å²) in [5.74, 6) is -0.858. The van der Waals surface area contributed by atoms with Gasteiger partial charge in [-0.3, -0.25) is 9.59 Å². The lowest BCUT2D eigenvalue weighted by molar-refractivity contribution is -0.115. The molecular weight excluding hydrogens is 440 g/mol. The van der Waals surface area contributed by atoms with Crippen LogP contribution < -0.4 is 21.1 Å². The zero-order valence-electron chi connectivity index (χ0n) is 16.7. The quantitative estimate of drug-likeness (QED) is 0.578. The van der Waals surface area contributed by atoms with Crippen molar-refractivity contribution in [1.29, 1.82) is 5.26 Å². The number of benzene rings is 1. The third-order valence-electron chi connectivity index (χ3n) is 4.52. The van der Waals surface area contributed by atoms with Gasteiger partial charge in [-0.1, -0.05) is 23.4 Å². The van der Waals surface area contributed by atoms with E-state index in [2.05, 4.69) is 16.7 Å². The van der Waals surface area contributed by atoms with Crippen molar-refractivity contribution in [2.45, 2.75) is 12.8 Å². The molecule has 31 heavy (non-hydrogen) atoms. The lowest BCUT2D eigenvalue weighted by Gasteiger charge is -2.27. The Kier molecular flexibility index (Phi) is 6.95. The predicted molar refractivity (Wildman–Crippen MR) is 118 cm³/mol. The minimum atomic E-state index is -0.752. The van der Waals surface area contributed by atoms with Crippen molar-refractivity contribution in [1.82, 2.24) is 5.32 Å². The maximum absolute atomic E-state index is 12.5. The normalized spacial score (nSPS) is 15.9. The van der Waals surface area contributed by atoms with Gasteiger partial charge in [0.2, 0.25) is 11.8 Å². The van der Waals surface area contributed by atoms with Crippen molar-refractivity contribution in [2.24, 2.45) is 5.73 Å². The minimum Gasteiger partial charge on any atom is -0.495 e. The number of allylic oxidation sites excluding steroid dienone is 2. The number of rotatable bonds is 7. The highest BCUT2D eigenvalue weighted by Gasteiger charge is 2.35. The molecule has 1 aromatic carbocycles. The van der Waals surface area contributed by atoms with Crippen molar-refractivity contribution < 1.29 is 18.7 Å². The summed E-state index contributed by atoms with van der Waals surface area (Å²) in [6, 6.07) is 10.3. The van der Waals surface area contributed by atoms with Crippen molar-refractivity contribution in [3.05, 3.63) is 69.3 Å². The van der Waals surface area contributed by atoms with Gasteiger partial charge in [-0.05, 0) is 37.3 Å². The third kappa shape index (κ3) is 4.87. The molecule has 1 aliphatic heterocycles. The zero-order chi connectivity index (χ0) is 22.5. The van der Waals surface area contributed by atoms with Gasteiger partial charge in [0, 0.05) is 10.7 Å². The molecule has 0 radical (unpaired) electrons. The third-order valence-corrected chi connectivity index (χ3v) is 5.78. The second kappa shape index (κ2) is 9.64. The first-order chi connectivity index (χ1) is 14.8. The Morgan fingerprint density at radius 1 is 1.42 bits per heavy atom. The number of nitriles is 1. The second-order valence-electron chi connectivity index (χ2n) is 6.51. The largest absolute Gasteiger partial charge is 0.495 e. The lowest BCUT2D eigenvalue weighted by atomic mass is 9.86. The Bertz CT molecular complexity index is 1120. The van der Waals surface area contributed by atoms with E-state index < -0.39 is 11.8 Å². The van der Waals surface area contributed by atoms with Gasteiger partial charge >= 0.3 is 0 Å². The predicted octanol–water partition coefficient (Wildman–Crippen LogP) is 3.49. The Morgan fingerprint density at radius 2 is 2.19 bits per heavy atom. The van der Waals surface area contributed by atoms with Gasteiger partial charge < -0.3 is 25.5 Å². The van der Waals surface area contributed by atoms with Gasteiger partial charge in [-0.25, -0.2) is 0 Å². The number of thioether (sulfide) groups is 1. The number of ether oxygens (including phenoxy) is 1. The number of hydrogen-bond acceptors (Lipinski definition) is 7. The van der Waals surface area contributed by atoms with Gasteiger partial charge in [0.05, 0.1) is 53.0 Å². The number of carbonyl (C=O) groups excluding carboxylic acids is 2. The number of carbonyl (C=O) groups is 2. The van der Waals surface area contributed by atoms with E-state index in [1.807, 2.05) is 0 Å². The second-order valence-corrected chi connectivity index (χ2v) is 7.93. The van der Waals surface area contributed by atoms with E-state index >= 15 is 0 Å². The van der Waals surface area contributed by atoms with Crippen molar-refractivity contribution in [3.8, 4) is 11.8 Å². The average Bonchev–Trinajstić information content (AvgIpc) is 3.26. The van der Waals surface area contributed by atoms with Gasteiger partial charge in [-0.15, -0.1) is 0 Å². The van der Waals surface area contributed by atoms with E-state index in [0.29, 0.717) is 32.9 Å². The summed E-state index contributed by atoms with van der Waals surface area (Å²) in [4.78, 5) is 24.6. The van der Waals surface area contributed by atoms with Crippen molar-refractivity contribution in [3.63, 3.8) is 0 Å². The van der Waals surface area contributed by atoms with Crippen LogP contribution in [0.2, 0.25) is 5.02 Å². The van der Waals surface area contributed by atoms with E-state index in [1.54, 1.807) is 37.3 Å². The number of anilines is 1. The molecule has 10 heteroatoms. The minimum absolute atomic E-state index is 0.00671. The van der Waals surface area contributed by atoms with E-state index in [1.165, 1.54) is 13.4 Å². The van der Waals surface area contributed by atoms with Crippen LogP contribution in [-0.4, -0.2) is 24.7 Å². The number of furan rings is 1. The van der Waals surface area contributed by atoms with Crippen LogP contribution in [0, 0.1) is 11.3 Å². The Balaban J connectivity index is 1.83. The van der Waals surface area contributed by atoms with Crippen LogP contribution in [0.5, 0.6) is 5.75 Å². The number of hydrogen-bond donors (Lipinski definition) is 3. The molecule has 0 aliphatic carbocycles. The van der Waals surface area contributed by atoms with Gasteiger partial charge in [-0.2, -0.15) is 5.26 Å². The molecule has 0 spiro atoms. The smallest absolute Gasteiger partial charge is 0.247 e. The molecule has 2 amide bonds. The molecule has 8 nitrogen and oxygen atoms in total. The number of dihydropyridines is 1. The molecular formula is C21H19ClN4O4S. The summed E-state index contributed by atoms with van der Waals surface area (Å²) in [6.07, 6.45) is 1.46. The molecule has 0 unspecified atom stereocenters. The molecule has 3 rings (SSSR count). The molecule has 0 bridgehead atoms. The van der Waals surface area contributed by atoms with Crippen LogP contribution in [0.3, 0.4) is 0 Å². The molecule has 1 aliphatic rings. The molecule has 1 aromatic heterocycles. The topological polar surface area (TPSA) is 130 Å². The average molecular weight is 459 g/mol. The Morgan fingerprint density at radius 3 is 2.81 bits per heavy atom. The first-order valence-electron chi connectivity index (χ1n) is 9.07. The monoisotopic (exact) mass is 458 g/mol. The molecule has 0 saturated carbocycles. The lowest BCUT2D eigenvalue weighted by Crippen LogP contribution is -2.31. The molecule has 0 saturated heterocycles. The number of halogens is 1. The van der Waals surface area contributed by atoms with E-state index in [9.17, 15) is 14.9 Å². The molecule has 0 fully saturated rings. The highest BCUT2D eigenvalue weighted by molar-refractivity contribution is 8.03. The summed E-state index contributed by atoms with van der Waals surface area (Å²) in [5.41, 5.74) is 6.97. The van der Waals surface area contributed by atoms with Crippen LogP contribution in [0.4, 0.5) is 5.69 Å². The fraction of sp³-hybridized carbons (Fsp3) is 0.190. The van der Waals surface area contributed by atoms with E-state index in [-0.39, 0.29) is 22.8 Å². The summed E-state index contributed by atoms with van der Waals surface area (Å²) < 4.78 is 10.7. The van der Waals surface area contributed by atoms with Crippen molar-refractivity contribution >= 4 is 40.9 Å². The summed E-state index contributed by atoms with van der Waals surface area (Å²) >= 11 is 7.12. The maximum Gasteiger partial charge on any atom is 0.247 e. The Labute approximate surface area is 188 Å². The summed E-state index contributed by atoms with van der Waals surface area (Å²) in [7, 11) is 1.49. The van der Waals surface area contributed by atoms with Crippen LogP contribution in [0.1, 0.15) is 18.6 Å². The van der Waals surface area contributed by atoms with Gasteiger partial charge in [0.25, 0.3) is 0 Å². The first-order valence-corrected chi connectivity index (χ1v) is 10.4. The number of amides is 2. The molecule has 160 valence electrons. The summed E-state index contributed by atoms with van der Waals surface area (Å²) in [5, 5.41) is 16.5. The first kappa shape index (κ1) is 22.3. The number of primary amides is 1. The molecule has 2 heterocycles. The van der Waals surface area contributed by atoms with Crippen LogP contribution in [0.25, 0.3) is 0 Å². The standard InChI is InChI=1S/C21H19ClN4O4S/c1-11-18(20(24)28)19(16-4-3-7-30-16)13(9-23)21(25-11)31-10-17(27)26-14-8-12(22)5-6-15(14)29-2/h3-8,19,25H,10H2,1-2H3,(H2,24,28)(H,26,27)/t19-/m1/s1. The maximum atomic E-state index is 12.5. The SMILES string of the molecule is COc1ccc(Cl)cc1NC(=O)CSC1=C(C#N)[C@H](c2ccco2)C(C(N)=O)=C(C)N1. The van der Waals surface area contributed by atoms with E-state index in [4.69, 9.17) is 26.5 Å². The fourth-order valence-corrected chi connectivity index (χ4v) is 4.26. The fourth-order valence-electron chi connectivity index (χ4n) is 3.20. The highest BCUT2D eigenvalue weighted by atomic mass is 35.5. The zero-order valence-corrected chi connectivity index (χ0v) is 18.3. The molecule has 4 N–H and O–H groups in total. The van der Waals surface area contributed by atoms with Crippen LogP contribution >= 0.6 is 23.4 Å². The molecule has 1 atom stereocenters. The highest BCUT2D eigenvalue weighted by Crippen LogP contribution is 2.40. The number of methoxy groups -OCH3 is 1. The number of nitrogens with zero attached hydrogens (tertiary/aromatic N) is 1. The molecule has 2 aromatic rings. The Hall–Kier alpha value is -3.35. The van der Waals surface area contributed by atoms with Gasteiger partial charge in [0.15, 0.2) is 0 Å². The van der Waals surface area contributed by atoms with Crippen LogP contribution in [-0.2, 0) is 9.59 Å². The number of nitrogens with one attached hydrogen (secondary N) is 2. The van der Waals surface area contributed by atoms with Crippen LogP contribution in [0.15, 0.2) is 62.9 Å².